The molecule has 1 heteroatoms. The van der Waals surface area contributed by atoms with E-state index in [9.17, 15) is 0 Å². The Morgan fingerprint density at radius 3 is 2.41 bits per heavy atom. The van der Waals surface area contributed by atoms with Gasteiger partial charge >= 0.3 is 0 Å². The van der Waals surface area contributed by atoms with E-state index >= 15 is 0 Å². The molecule has 1 atom stereocenters. The van der Waals surface area contributed by atoms with Crippen molar-refractivity contribution in [3.05, 3.63) is 36.2 Å². The van der Waals surface area contributed by atoms with E-state index in [0.29, 0.717) is 0 Å². The third-order valence-corrected chi connectivity index (χ3v) is 3.35. The third kappa shape index (κ3) is 5.25. The predicted molar refractivity (Wildman–Crippen MR) is 74.3 cm³/mol. The van der Waals surface area contributed by atoms with Crippen LogP contribution in [-0.4, -0.2) is 7.11 Å². The lowest BCUT2D eigenvalue weighted by atomic mass is 9.92. The Morgan fingerprint density at radius 2 is 1.88 bits per heavy atom. The molecule has 0 saturated carbocycles. The Kier molecular flexibility index (Phi) is 6.76. The van der Waals surface area contributed by atoms with Crippen LogP contribution >= 0.6 is 0 Å². The number of benzene rings is 1. The van der Waals surface area contributed by atoms with Crippen LogP contribution in [0.5, 0.6) is 5.75 Å². The molecule has 0 saturated heterocycles. The molecule has 1 nitrogen and oxygen atoms in total. The van der Waals surface area contributed by atoms with Gasteiger partial charge in [-0.15, -0.1) is 0 Å². The van der Waals surface area contributed by atoms with Gasteiger partial charge in [-0.3, -0.25) is 0 Å². The molecule has 0 fully saturated rings. The first-order valence-corrected chi connectivity index (χ1v) is 6.77. The molecule has 1 rings (SSSR count). The van der Waals surface area contributed by atoms with Crippen LogP contribution in [-0.2, 0) is 0 Å². The third-order valence-electron chi connectivity index (χ3n) is 3.35. The molecular formula is C16H25O. The Balaban J connectivity index is 2.36. The Labute approximate surface area is 106 Å². The Hall–Kier alpha value is -0.980. The van der Waals surface area contributed by atoms with Crippen molar-refractivity contribution < 1.29 is 4.74 Å². The quantitative estimate of drug-likeness (QED) is 0.623. The zero-order valence-corrected chi connectivity index (χ0v) is 11.4. The van der Waals surface area contributed by atoms with Crippen molar-refractivity contribution in [3.8, 4) is 5.75 Å². The maximum atomic E-state index is 5.16. The summed E-state index contributed by atoms with van der Waals surface area (Å²) in [5.74, 6) is 1.78. The van der Waals surface area contributed by atoms with Gasteiger partial charge in [-0.05, 0) is 36.5 Å². The van der Waals surface area contributed by atoms with Gasteiger partial charge < -0.3 is 4.74 Å². The summed E-state index contributed by atoms with van der Waals surface area (Å²) in [6.07, 6.45) is 8.85. The van der Waals surface area contributed by atoms with E-state index in [-0.39, 0.29) is 0 Å². The van der Waals surface area contributed by atoms with Crippen LogP contribution in [0.2, 0.25) is 0 Å². The zero-order valence-electron chi connectivity index (χ0n) is 11.4. The normalized spacial score (nSPS) is 12.4. The summed E-state index contributed by atoms with van der Waals surface area (Å²) in [6.45, 7) is 4.56. The van der Waals surface area contributed by atoms with Crippen LogP contribution in [0.3, 0.4) is 0 Å². The molecule has 17 heavy (non-hydrogen) atoms. The average Bonchev–Trinajstić information content (AvgIpc) is 2.39. The van der Waals surface area contributed by atoms with Crippen LogP contribution < -0.4 is 4.74 Å². The van der Waals surface area contributed by atoms with E-state index < -0.39 is 0 Å². The lowest BCUT2D eigenvalue weighted by molar-refractivity contribution is 0.414. The largest absolute Gasteiger partial charge is 0.497 e. The highest BCUT2D eigenvalue weighted by atomic mass is 16.5. The van der Waals surface area contributed by atoms with E-state index in [1.54, 1.807) is 7.11 Å². The summed E-state index contributed by atoms with van der Waals surface area (Å²) < 4.78 is 5.16. The van der Waals surface area contributed by atoms with E-state index in [1.165, 1.54) is 37.7 Å². The van der Waals surface area contributed by atoms with E-state index in [0.717, 1.165) is 11.7 Å². The second kappa shape index (κ2) is 8.16. The average molecular weight is 233 g/mol. The molecule has 0 spiro atoms. The molecule has 0 amide bonds. The molecule has 1 unspecified atom stereocenters. The fourth-order valence-corrected chi connectivity index (χ4v) is 2.02. The molecule has 0 bridgehead atoms. The van der Waals surface area contributed by atoms with Crippen molar-refractivity contribution in [2.45, 2.75) is 46.0 Å². The minimum Gasteiger partial charge on any atom is -0.497 e. The summed E-state index contributed by atoms with van der Waals surface area (Å²) in [5, 5.41) is 0. The van der Waals surface area contributed by atoms with Crippen molar-refractivity contribution in [2.75, 3.05) is 7.11 Å². The highest BCUT2D eigenvalue weighted by Crippen LogP contribution is 2.21. The number of methoxy groups -OCH3 is 1. The second-order valence-corrected chi connectivity index (χ2v) is 4.63. The molecular weight excluding hydrogens is 208 g/mol. The van der Waals surface area contributed by atoms with Gasteiger partial charge in [0, 0.05) is 0 Å². The van der Waals surface area contributed by atoms with Gasteiger partial charge in [-0.25, -0.2) is 0 Å². The van der Waals surface area contributed by atoms with Gasteiger partial charge in [0.25, 0.3) is 0 Å². The molecule has 1 aromatic carbocycles. The van der Waals surface area contributed by atoms with Crippen LogP contribution in [0, 0.1) is 12.3 Å². The summed E-state index contributed by atoms with van der Waals surface area (Å²) >= 11 is 0. The highest BCUT2D eigenvalue weighted by Gasteiger charge is 2.06. The maximum Gasteiger partial charge on any atom is 0.118 e. The SMILES string of the molecule is CCCCC(CC)C[CH]c1ccc(OC)cc1. The van der Waals surface area contributed by atoms with E-state index in [2.05, 4.69) is 32.4 Å². The van der Waals surface area contributed by atoms with E-state index in [4.69, 9.17) is 4.74 Å². The summed E-state index contributed by atoms with van der Waals surface area (Å²) in [7, 11) is 1.70. The van der Waals surface area contributed by atoms with Gasteiger partial charge in [0.2, 0.25) is 0 Å². The molecule has 1 radical (unpaired) electrons. The van der Waals surface area contributed by atoms with Crippen LogP contribution in [0.4, 0.5) is 0 Å². The lowest BCUT2D eigenvalue weighted by Crippen LogP contribution is -1.99. The van der Waals surface area contributed by atoms with Crippen molar-refractivity contribution in [2.24, 2.45) is 5.92 Å². The monoisotopic (exact) mass is 233 g/mol. The maximum absolute atomic E-state index is 5.16. The van der Waals surface area contributed by atoms with Crippen LogP contribution in [0.15, 0.2) is 24.3 Å². The first-order valence-electron chi connectivity index (χ1n) is 6.77. The Morgan fingerprint density at radius 1 is 1.18 bits per heavy atom. The minimum atomic E-state index is 0.844. The summed E-state index contributed by atoms with van der Waals surface area (Å²) in [6, 6.07) is 8.31. The topological polar surface area (TPSA) is 9.23 Å². The van der Waals surface area contributed by atoms with Gasteiger partial charge in [-0.1, -0.05) is 51.7 Å². The number of rotatable bonds is 8. The molecule has 1 aromatic rings. The molecule has 0 N–H and O–H groups in total. The summed E-state index contributed by atoms with van der Waals surface area (Å²) in [5.41, 5.74) is 1.31. The van der Waals surface area contributed by atoms with Crippen molar-refractivity contribution in [1.82, 2.24) is 0 Å². The van der Waals surface area contributed by atoms with Crippen molar-refractivity contribution in [3.63, 3.8) is 0 Å². The molecule has 0 aromatic heterocycles. The van der Waals surface area contributed by atoms with Crippen LogP contribution in [0.1, 0.15) is 51.5 Å². The van der Waals surface area contributed by atoms with Crippen LogP contribution in [0.25, 0.3) is 0 Å². The molecule has 95 valence electrons. The van der Waals surface area contributed by atoms with Gasteiger partial charge in [-0.2, -0.15) is 0 Å². The Bertz CT molecular complexity index is 289. The summed E-state index contributed by atoms with van der Waals surface area (Å²) in [4.78, 5) is 0. The number of ether oxygens (including phenoxy) is 1. The number of hydrogen-bond acceptors (Lipinski definition) is 1. The van der Waals surface area contributed by atoms with Gasteiger partial charge in [0.1, 0.15) is 5.75 Å². The number of hydrogen-bond donors (Lipinski definition) is 0. The lowest BCUT2D eigenvalue weighted by Gasteiger charge is -2.13. The first kappa shape index (κ1) is 14.1. The minimum absolute atomic E-state index is 0.844. The van der Waals surface area contributed by atoms with Gasteiger partial charge in [0.05, 0.1) is 7.11 Å². The standard InChI is InChI=1S/C16H25O/c1-4-6-7-14(5-2)8-9-15-10-12-16(17-3)13-11-15/h9-14H,4-8H2,1-3H3. The fourth-order valence-electron chi connectivity index (χ4n) is 2.02. The number of unbranched alkanes of at least 4 members (excludes halogenated alkanes) is 1. The van der Waals surface area contributed by atoms with Crippen molar-refractivity contribution in [1.29, 1.82) is 0 Å². The molecule has 0 aliphatic heterocycles. The molecule has 0 aliphatic rings. The smallest absolute Gasteiger partial charge is 0.118 e. The molecule has 0 aliphatic carbocycles. The van der Waals surface area contributed by atoms with Gasteiger partial charge in [0.15, 0.2) is 0 Å². The fraction of sp³-hybridized carbons (Fsp3) is 0.562. The first-order chi connectivity index (χ1) is 8.30. The molecule has 0 heterocycles. The predicted octanol–water partition coefficient (Wildman–Crippen LogP) is 4.85. The van der Waals surface area contributed by atoms with E-state index in [1.807, 2.05) is 12.1 Å². The van der Waals surface area contributed by atoms with Crippen molar-refractivity contribution >= 4 is 0 Å². The zero-order chi connectivity index (χ0) is 12.5. The second-order valence-electron chi connectivity index (χ2n) is 4.63. The highest BCUT2D eigenvalue weighted by molar-refractivity contribution is 5.31.